The van der Waals surface area contributed by atoms with Crippen molar-refractivity contribution >= 4 is 23.2 Å². The van der Waals surface area contributed by atoms with E-state index < -0.39 is 5.60 Å². The van der Waals surface area contributed by atoms with Crippen molar-refractivity contribution in [2.75, 3.05) is 19.5 Å². The largest absolute Gasteiger partial charge is 0.495 e. The Morgan fingerprint density at radius 1 is 0.929 bits per heavy atom. The zero-order chi connectivity index (χ0) is 21.1. The molecule has 0 aliphatic carbocycles. The molecular formula is C22H28ClNO4. The third kappa shape index (κ3) is 5.10. The third-order valence-corrected chi connectivity index (χ3v) is 4.66. The van der Waals surface area contributed by atoms with Crippen molar-refractivity contribution in [2.24, 2.45) is 0 Å². The summed E-state index contributed by atoms with van der Waals surface area (Å²) in [4.78, 5) is 12.9. The van der Waals surface area contributed by atoms with E-state index in [1.807, 2.05) is 24.3 Å². The molecule has 0 heterocycles. The number of hydrogen-bond donors (Lipinski definition) is 1. The minimum absolute atomic E-state index is 0.0512. The Labute approximate surface area is 171 Å². The van der Waals surface area contributed by atoms with Crippen molar-refractivity contribution in [2.45, 2.75) is 45.6 Å². The van der Waals surface area contributed by atoms with Crippen LogP contribution < -0.4 is 19.5 Å². The van der Waals surface area contributed by atoms with Crippen molar-refractivity contribution in [1.82, 2.24) is 0 Å². The molecule has 152 valence electrons. The SMILES string of the molecule is COc1cc(NC(=O)C(C)(C)Oc2ccc(C(C)(C)C)cc2)c(OC)cc1Cl. The molecule has 5 nitrogen and oxygen atoms in total. The number of carbonyl (C=O) groups excluding carboxylic acids is 1. The summed E-state index contributed by atoms with van der Waals surface area (Å²) < 4.78 is 16.5. The average molecular weight is 406 g/mol. The molecule has 0 spiro atoms. The number of nitrogens with one attached hydrogen (secondary N) is 1. The van der Waals surface area contributed by atoms with Crippen molar-refractivity contribution in [3.8, 4) is 17.2 Å². The Morgan fingerprint density at radius 3 is 2.00 bits per heavy atom. The lowest BCUT2D eigenvalue weighted by atomic mass is 9.87. The molecule has 0 radical (unpaired) electrons. The quantitative estimate of drug-likeness (QED) is 0.694. The van der Waals surface area contributed by atoms with E-state index in [1.165, 1.54) is 19.8 Å². The highest BCUT2D eigenvalue weighted by atomic mass is 35.5. The molecule has 0 saturated carbocycles. The minimum Gasteiger partial charge on any atom is -0.495 e. The molecule has 0 bridgehead atoms. The van der Waals surface area contributed by atoms with Crippen LogP contribution in [0.1, 0.15) is 40.2 Å². The standard InChI is InChI=1S/C22H28ClNO4/c1-21(2,3)14-8-10-15(11-9-14)28-22(4,5)20(25)24-17-13-18(26-6)16(23)12-19(17)27-7/h8-13H,1-7H3,(H,24,25). The Morgan fingerprint density at radius 2 is 1.50 bits per heavy atom. The highest BCUT2D eigenvalue weighted by Gasteiger charge is 2.31. The lowest BCUT2D eigenvalue weighted by Gasteiger charge is -2.26. The Kier molecular flexibility index (Phi) is 6.50. The maximum atomic E-state index is 12.9. The van der Waals surface area contributed by atoms with E-state index in [0.717, 1.165) is 0 Å². The number of carbonyl (C=O) groups is 1. The van der Waals surface area contributed by atoms with Gasteiger partial charge in [-0.15, -0.1) is 0 Å². The minimum atomic E-state index is -1.11. The molecule has 2 rings (SSSR count). The predicted molar refractivity (Wildman–Crippen MR) is 113 cm³/mol. The van der Waals surface area contributed by atoms with Gasteiger partial charge in [-0.05, 0) is 37.0 Å². The van der Waals surface area contributed by atoms with Crippen LogP contribution in [0.15, 0.2) is 36.4 Å². The van der Waals surface area contributed by atoms with E-state index in [-0.39, 0.29) is 11.3 Å². The second-order valence-corrected chi connectivity index (χ2v) is 8.44. The average Bonchev–Trinajstić information content (AvgIpc) is 2.62. The monoisotopic (exact) mass is 405 g/mol. The Bertz CT molecular complexity index is 839. The van der Waals surface area contributed by atoms with Crippen molar-refractivity contribution in [1.29, 1.82) is 0 Å². The smallest absolute Gasteiger partial charge is 0.268 e. The fourth-order valence-electron chi connectivity index (χ4n) is 2.59. The van der Waals surface area contributed by atoms with Gasteiger partial charge in [0.25, 0.3) is 5.91 Å². The zero-order valence-electron chi connectivity index (χ0n) is 17.5. The van der Waals surface area contributed by atoms with Gasteiger partial charge in [0.15, 0.2) is 5.60 Å². The van der Waals surface area contributed by atoms with E-state index in [4.69, 9.17) is 25.8 Å². The molecule has 6 heteroatoms. The zero-order valence-corrected chi connectivity index (χ0v) is 18.2. The Balaban J connectivity index is 2.19. The fourth-order valence-corrected chi connectivity index (χ4v) is 2.83. The molecular weight excluding hydrogens is 378 g/mol. The summed E-state index contributed by atoms with van der Waals surface area (Å²) in [6, 6.07) is 11.0. The van der Waals surface area contributed by atoms with Gasteiger partial charge in [0.05, 0.1) is 24.9 Å². The van der Waals surface area contributed by atoms with Crippen LogP contribution in [0.2, 0.25) is 5.02 Å². The molecule has 1 N–H and O–H groups in total. The first-order chi connectivity index (χ1) is 13.0. The van der Waals surface area contributed by atoms with Crippen LogP contribution in [0.5, 0.6) is 17.2 Å². The second-order valence-electron chi connectivity index (χ2n) is 8.03. The molecule has 0 saturated heterocycles. The summed E-state index contributed by atoms with van der Waals surface area (Å²) in [5.41, 5.74) is 0.588. The lowest BCUT2D eigenvalue weighted by molar-refractivity contribution is -0.128. The molecule has 1 amide bonds. The van der Waals surface area contributed by atoms with Crippen molar-refractivity contribution in [3.05, 3.63) is 47.0 Å². The van der Waals surface area contributed by atoms with E-state index in [9.17, 15) is 4.79 Å². The van der Waals surface area contributed by atoms with Gasteiger partial charge in [0.2, 0.25) is 0 Å². The topological polar surface area (TPSA) is 56.8 Å². The number of benzene rings is 2. The van der Waals surface area contributed by atoms with Gasteiger partial charge in [0, 0.05) is 12.1 Å². The maximum absolute atomic E-state index is 12.9. The lowest BCUT2D eigenvalue weighted by Crippen LogP contribution is -2.42. The predicted octanol–water partition coefficient (Wildman–Crippen LogP) is 5.45. The molecule has 0 aliphatic rings. The fraction of sp³-hybridized carbons (Fsp3) is 0.409. The van der Waals surface area contributed by atoms with Gasteiger partial charge < -0.3 is 19.5 Å². The van der Waals surface area contributed by atoms with Gasteiger partial charge in [-0.1, -0.05) is 44.5 Å². The van der Waals surface area contributed by atoms with E-state index in [1.54, 1.807) is 26.0 Å². The molecule has 2 aromatic carbocycles. The summed E-state index contributed by atoms with van der Waals surface area (Å²) >= 11 is 6.12. The van der Waals surface area contributed by atoms with Crippen LogP contribution >= 0.6 is 11.6 Å². The van der Waals surface area contributed by atoms with Crippen LogP contribution in [0.25, 0.3) is 0 Å². The Hall–Kier alpha value is -2.40. The molecule has 0 aromatic heterocycles. The van der Waals surface area contributed by atoms with E-state index >= 15 is 0 Å². The first-order valence-electron chi connectivity index (χ1n) is 9.00. The molecule has 0 unspecified atom stereocenters. The van der Waals surface area contributed by atoms with Crippen LogP contribution in [-0.4, -0.2) is 25.7 Å². The highest BCUT2D eigenvalue weighted by Crippen LogP contribution is 2.36. The van der Waals surface area contributed by atoms with Crippen LogP contribution in [0.3, 0.4) is 0 Å². The maximum Gasteiger partial charge on any atom is 0.268 e. The van der Waals surface area contributed by atoms with Gasteiger partial charge in [-0.25, -0.2) is 0 Å². The van der Waals surface area contributed by atoms with Crippen LogP contribution in [0, 0.1) is 0 Å². The molecule has 0 aliphatic heterocycles. The summed E-state index contributed by atoms with van der Waals surface area (Å²) in [5.74, 6) is 1.17. The molecule has 28 heavy (non-hydrogen) atoms. The van der Waals surface area contributed by atoms with E-state index in [0.29, 0.717) is 28.0 Å². The normalized spacial score (nSPS) is 11.7. The number of anilines is 1. The summed E-state index contributed by atoms with van der Waals surface area (Å²) in [6.07, 6.45) is 0. The molecule has 0 atom stereocenters. The second kappa shape index (κ2) is 8.31. The van der Waals surface area contributed by atoms with Crippen molar-refractivity contribution < 1.29 is 19.0 Å². The number of methoxy groups -OCH3 is 2. The number of amides is 1. The first kappa shape index (κ1) is 21.9. The van der Waals surface area contributed by atoms with Gasteiger partial charge in [-0.3, -0.25) is 4.79 Å². The summed E-state index contributed by atoms with van der Waals surface area (Å²) in [6.45, 7) is 9.86. The summed E-state index contributed by atoms with van der Waals surface area (Å²) in [7, 11) is 3.01. The van der Waals surface area contributed by atoms with Gasteiger partial charge in [-0.2, -0.15) is 0 Å². The highest BCUT2D eigenvalue weighted by molar-refractivity contribution is 6.32. The van der Waals surface area contributed by atoms with Gasteiger partial charge in [0.1, 0.15) is 17.2 Å². The van der Waals surface area contributed by atoms with E-state index in [2.05, 4.69) is 26.1 Å². The molecule has 2 aromatic rings. The number of halogens is 1. The number of ether oxygens (including phenoxy) is 3. The summed E-state index contributed by atoms with van der Waals surface area (Å²) in [5, 5.41) is 3.23. The van der Waals surface area contributed by atoms with Gasteiger partial charge >= 0.3 is 0 Å². The van der Waals surface area contributed by atoms with Crippen molar-refractivity contribution in [3.63, 3.8) is 0 Å². The third-order valence-electron chi connectivity index (χ3n) is 4.36. The first-order valence-corrected chi connectivity index (χ1v) is 9.38. The van der Waals surface area contributed by atoms with Crippen LogP contribution in [0.4, 0.5) is 5.69 Å². The molecule has 0 fully saturated rings. The van der Waals surface area contributed by atoms with Crippen LogP contribution in [-0.2, 0) is 10.2 Å². The number of hydrogen-bond acceptors (Lipinski definition) is 4. The number of rotatable bonds is 6.